The largest absolute Gasteiger partial charge is 0.305 e. The summed E-state index contributed by atoms with van der Waals surface area (Å²) in [6, 6.07) is 0. The van der Waals surface area contributed by atoms with Gasteiger partial charge in [-0.3, -0.25) is 4.90 Å². The lowest BCUT2D eigenvalue weighted by Gasteiger charge is -2.11. The lowest BCUT2D eigenvalue weighted by Crippen LogP contribution is -2.31. The van der Waals surface area contributed by atoms with E-state index in [9.17, 15) is 0 Å². The van der Waals surface area contributed by atoms with Gasteiger partial charge in [-0.1, -0.05) is 12.7 Å². The van der Waals surface area contributed by atoms with Gasteiger partial charge in [-0.25, -0.2) is 0 Å². The summed E-state index contributed by atoms with van der Waals surface area (Å²) in [6.07, 6.45) is 3.87. The maximum absolute atomic E-state index is 3.82. The number of piperidine rings is 1. The molecule has 0 amide bonds. The maximum atomic E-state index is 3.82. The molecular formula is C9H12N2. The summed E-state index contributed by atoms with van der Waals surface area (Å²) >= 11 is 0. The summed E-state index contributed by atoms with van der Waals surface area (Å²) in [5.41, 5.74) is 3.62. The summed E-state index contributed by atoms with van der Waals surface area (Å²) < 4.78 is 0. The van der Waals surface area contributed by atoms with Gasteiger partial charge in [0.05, 0.1) is 11.7 Å². The maximum Gasteiger partial charge on any atom is 0.0826 e. The van der Waals surface area contributed by atoms with Gasteiger partial charge in [0, 0.05) is 6.54 Å². The Morgan fingerprint density at radius 3 is 3.09 bits per heavy atom. The van der Waals surface area contributed by atoms with Crippen LogP contribution in [0.3, 0.4) is 0 Å². The monoisotopic (exact) mass is 148 g/mol. The molecule has 0 aromatic carbocycles. The lowest BCUT2D eigenvalue weighted by molar-refractivity contribution is 0.361. The summed E-state index contributed by atoms with van der Waals surface area (Å²) in [7, 11) is 2.04. The second kappa shape index (κ2) is 1.45. The Kier molecular flexibility index (Phi) is 0.787. The molecule has 0 radical (unpaired) electrons. The Labute approximate surface area is 66.6 Å². The quantitative estimate of drug-likeness (QED) is 0.573. The molecule has 2 heteroatoms. The van der Waals surface area contributed by atoms with Gasteiger partial charge in [0.25, 0.3) is 0 Å². The van der Waals surface area contributed by atoms with Crippen molar-refractivity contribution in [2.45, 2.75) is 18.1 Å². The van der Waals surface area contributed by atoms with Crippen molar-refractivity contribution < 1.29 is 0 Å². The zero-order valence-electron chi connectivity index (χ0n) is 6.72. The van der Waals surface area contributed by atoms with Crippen molar-refractivity contribution in [3.63, 3.8) is 0 Å². The van der Waals surface area contributed by atoms with E-state index in [1.165, 1.54) is 18.5 Å². The molecule has 3 aliphatic rings. The molecule has 1 N–H and O–H groups in total. The smallest absolute Gasteiger partial charge is 0.0826 e. The molecule has 0 saturated carbocycles. The topological polar surface area (TPSA) is 15.0 Å². The molecule has 0 aromatic rings. The highest BCUT2D eigenvalue weighted by Gasteiger charge is 2.73. The van der Waals surface area contributed by atoms with Crippen molar-refractivity contribution in [3.8, 4) is 0 Å². The van der Waals surface area contributed by atoms with E-state index < -0.39 is 0 Å². The Morgan fingerprint density at radius 2 is 2.64 bits per heavy atom. The normalized spacial score (nSPS) is 50.3. The molecule has 2 aliphatic heterocycles. The second-order valence-electron chi connectivity index (χ2n) is 3.59. The van der Waals surface area contributed by atoms with Gasteiger partial charge >= 0.3 is 0 Å². The fourth-order valence-corrected chi connectivity index (χ4v) is 2.62. The van der Waals surface area contributed by atoms with Crippen LogP contribution in [0.2, 0.25) is 0 Å². The van der Waals surface area contributed by atoms with Gasteiger partial charge in [-0.2, -0.15) is 0 Å². The second-order valence-corrected chi connectivity index (χ2v) is 3.59. The molecule has 1 spiro atoms. The predicted octanol–water partition coefficient (Wildman–Crippen LogP) is 0.486. The van der Waals surface area contributed by atoms with Gasteiger partial charge in [0.15, 0.2) is 0 Å². The first-order chi connectivity index (χ1) is 5.34. The minimum Gasteiger partial charge on any atom is -0.305 e. The lowest BCUT2D eigenvalue weighted by atomic mass is 10.2. The van der Waals surface area contributed by atoms with Crippen molar-refractivity contribution >= 4 is 0 Å². The number of rotatable bonds is 2. The molecule has 3 rings (SSSR count). The molecule has 0 aromatic heterocycles. The molecule has 2 heterocycles. The number of nitrogens with one attached hydrogen (secondary N) is 1. The molecule has 3 unspecified atom stereocenters. The number of hydrogen-bond donors (Lipinski definition) is 1. The minimum atomic E-state index is 0.454. The average molecular weight is 148 g/mol. The standard InChI is InChI=1S/C9H12N2/c1-3-6-7-4-8(10-2)11-5-9(6,7)11/h3,8,10H,1,4-5H2,2H3. The number of hydrogen-bond acceptors (Lipinski definition) is 2. The van der Waals surface area contributed by atoms with Crippen LogP contribution in [-0.2, 0) is 0 Å². The van der Waals surface area contributed by atoms with Crippen LogP contribution in [0, 0.1) is 0 Å². The van der Waals surface area contributed by atoms with Crippen LogP contribution in [-0.4, -0.2) is 30.2 Å². The van der Waals surface area contributed by atoms with Crippen molar-refractivity contribution in [1.29, 1.82) is 0 Å². The van der Waals surface area contributed by atoms with E-state index in [-0.39, 0.29) is 0 Å². The van der Waals surface area contributed by atoms with Crippen LogP contribution in [0.1, 0.15) is 6.42 Å². The fraction of sp³-hybridized carbons (Fsp3) is 0.556. The van der Waals surface area contributed by atoms with E-state index in [2.05, 4.69) is 16.8 Å². The van der Waals surface area contributed by atoms with E-state index in [1.807, 2.05) is 13.1 Å². The van der Waals surface area contributed by atoms with Gasteiger partial charge in [0.1, 0.15) is 0 Å². The third-order valence-corrected chi connectivity index (χ3v) is 3.30. The van der Waals surface area contributed by atoms with Crippen LogP contribution in [0.4, 0.5) is 0 Å². The third-order valence-electron chi connectivity index (χ3n) is 3.30. The summed E-state index contributed by atoms with van der Waals surface area (Å²) in [6.45, 7) is 5.07. The third kappa shape index (κ3) is 0.435. The molecule has 11 heavy (non-hydrogen) atoms. The Balaban J connectivity index is 1.92. The van der Waals surface area contributed by atoms with Crippen molar-refractivity contribution in [2.24, 2.45) is 0 Å². The van der Waals surface area contributed by atoms with E-state index >= 15 is 0 Å². The summed E-state index contributed by atoms with van der Waals surface area (Å²) in [4.78, 5) is 2.51. The zero-order valence-corrected chi connectivity index (χ0v) is 6.72. The average Bonchev–Trinajstić information content (AvgIpc) is 2.87. The zero-order chi connectivity index (χ0) is 7.64. The van der Waals surface area contributed by atoms with Gasteiger partial charge in [0.2, 0.25) is 0 Å². The Morgan fingerprint density at radius 1 is 1.82 bits per heavy atom. The van der Waals surface area contributed by atoms with E-state index in [0.29, 0.717) is 11.7 Å². The summed E-state index contributed by atoms with van der Waals surface area (Å²) in [5, 5.41) is 3.31. The predicted molar refractivity (Wildman–Crippen MR) is 44.1 cm³/mol. The van der Waals surface area contributed by atoms with E-state index in [0.717, 1.165) is 0 Å². The first kappa shape index (κ1) is 5.98. The van der Waals surface area contributed by atoms with E-state index in [4.69, 9.17) is 0 Å². The van der Waals surface area contributed by atoms with Crippen molar-refractivity contribution in [3.05, 3.63) is 23.8 Å². The van der Waals surface area contributed by atoms with Crippen LogP contribution in [0.25, 0.3) is 0 Å². The number of nitrogens with zero attached hydrogens (tertiary/aromatic N) is 1. The van der Waals surface area contributed by atoms with Crippen LogP contribution in [0.5, 0.6) is 0 Å². The molecule has 3 atom stereocenters. The van der Waals surface area contributed by atoms with Crippen LogP contribution in [0.15, 0.2) is 23.8 Å². The molecule has 2 nitrogen and oxygen atoms in total. The first-order valence-electron chi connectivity index (χ1n) is 4.15. The van der Waals surface area contributed by atoms with Gasteiger partial charge in [-0.05, 0) is 24.6 Å². The Hall–Kier alpha value is -0.600. The first-order valence-corrected chi connectivity index (χ1v) is 4.15. The highest BCUT2D eigenvalue weighted by Crippen LogP contribution is 2.67. The highest BCUT2D eigenvalue weighted by molar-refractivity contribution is 5.70. The molecule has 1 aliphatic carbocycles. The van der Waals surface area contributed by atoms with Gasteiger partial charge in [-0.15, -0.1) is 0 Å². The van der Waals surface area contributed by atoms with Gasteiger partial charge < -0.3 is 5.32 Å². The van der Waals surface area contributed by atoms with Crippen LogP contribution < -0.4 is 5.32 Å². The SMILES string of the molecule is C=CC1=C2CC(NC)N3CC123. The summed E-state index contributed by atoms with van der Waals surface area (Å²) in [5.74, 6) is 0. The molecule has 0 bridgehead atoms. The Bertz CT molecular complexity index is 279. The highest BCUT2D eigenvalue weighted by atomic mass is 15.5. The molecule has 2 fully saturated rings. The molecular weight excluding hydrogens is 136 g/mol. The van der Waals surface area contributed by atoms with Crippen LogP contribution >= 0.6 is 0 Å². The molecule has 2 saturated heterocycles. The minimum absolute atomic E-state index is 0.454. The van der Waals surface area contributed by atoms with E-state index in [1.54, 1.807) is 5.57 Å². The van der Waals surface area contributed by atoms with Crippen molar-refractivity contribution in [1.82, 2.24) is 10.2 Å². The fourth-order valence-electron chi connectivity index (χ4n) is 2.62. The van der Waals surface area contributed by atoms with Crippen molar-refractivity contribution in [2.75, 3.05) is 13.6 Å². The molecule has 58 valence electrons.